The quantitative estimate of drug-likeness (QED) is 0.692. The van der Waals surface area contributed by atoms with Crippen LogP contribution in [0.5, 0.6) is 0 Å². The second-order valence-corrected chi connectivity index (χ2v) is 4.88. The third-order valence-corrected chi connectivity index (χ3v) is 2.50. The molecule has 2 heteroatoms. The molecule has 1 nitrogen and oxygen atoms in total. The van der Waals surface area contributed by atoms with Crippen molar-refractivity contribution in [3.8, 4) is 0 Å². The maximum absolute atomic E-state index is 11.3. The fraction of sp³-hybridized carbons (Fsp3) is 0.308. The lowest BCUT2D eigenvalue weighted by molar-refractivity contribution is 0.107. The van der Waals surface area contributed by atoms with E-state index in [0.29, 0.717) is 5.56 Å². The molecular weight excluding hydrogens is 208 g/mol. The molecule has 0 aliphatic heterocycles. The van der Waals surface area contributed by atoms with E-state index < -0.39 is 5.24 Å². The van der Waals surface area contributed by atoms with Crippen molar-refractivity contribution in [2.45, 2.75) is 26.2 Å². The molecule has 0 N–H and O–H groups in total. The van der Waals surface area contributed by atoms with Crippen LogP contribution in [0, 0.1) is 0 Å². The number of carbonyl (C=O) groups excluding carboxylic acids is 1. The fourth-order valence-corrected chi connectivity index (χ4v) is 1.66. The van der Waals surface area contributed by atoms with E-state index in [2.05, 4.69) is 27.4 Å². The van der Waals surface area contributed by atoms with Gasteiger partial charge in [-0.3, -0.25) is 4.79 Å². The van der Waals surface area contributed by atoms with Crippen molar-refractivity contribution in [2.24, 2.45) is 0 Å². The van der Waals surface area contributed by atoms with Crippen molar-refractivity contribution in [3.05, 3.63) is 41.5 Å². The molecule has 1 aromatic rings. The van der Waals surface area contributed by atoms with Gasteiger partial charge in [-0.15, -0.1) is 0 Å². The Bertz CT molecular complexity index is 399. The second-order valence-electron chi connectivity index (χ2n) is 4.53. The predicted octanol–water partition coefficient (Wildman–Crippen LogP) is 4.01. The molecule has 15 heavy (non-hydrogen) atoms. The van der Waals surface area contributed by atoms with Gasteiger partial charge in [-0.05, 0) is 34.2 Å². The summed E-state index contributed by atoms with van der Waals surface area (Å²) in [6.45, 7) is 9.83. The highest BCUT2D eigenvalue weighted by Gasteiger charge is 2.20. The number of hydrogen-bond donors (Lipinski definition) is 0. The Morgan fingerprint density at radius 3 is 2.40 bits per heavy atom. The van der Waals surface area contributed by atoms with E-state index in [1.165, 1.54) is 0 Å². The average molecular weight is 223 g/mol. The van der Waals surface area contributed by atoms with Gasteiger partial charge in [-0.25, -0.2) is 0 Å². The van der Waals surface area contributed by atoms with Crippen LogP contribution >= 0.6 is 11.6 Å². The molecule has 0 spiro atoms. The maximum atomic E-state index is 11.3. The highest BCUT2D eigenvalue weighted by Crippen LogP contribution is 2.28. The Morgan fingerprint density at radius 1 is 1.40 bits per heavy atom. The molecule has 0 unspecified atom stereocenters. The van der Waals surface area contributed by atoms with Crippen LogP contribution < -0.4 is 0 Å². The molecule has 0 fully saturated rings. The topological polar surface area (TPSA) is 17.1 Å². The van der Waals surface area contributed by atoms with Crippen LogP contribution in [0.2, 0.25) is 0 Å². The predicted molar refractivity (Wildman–Crippen MR) is 65.4 cm³/mol. The zero-order valence-electron chi connectivity index (χ0n) is 9.30. The first-order valence-corrected chi connectivity index (χ1v) is 5.21. The van der Waals surface area contributed by atoms with E-state index in [9.17, 15) is 4.79 Å². The minimum atomic E-state index is -0.413. The summed E-state index contributed by atoms with van der Waals surface area (Å²) in [6, 6.07) is 5.66. The Kier molecular flexibility index (Phi) is 3.35. The van der Waals surface area contributed by atoms with Gasteiger partial charge in [-0.1, -0.05) is 45.6 Å². The Hall–Kier alpha value is -1.08. The van der Waals surface area contributed by atoms with Crippen molar-refractivity contribution in [1.82, 2.24) is 0 Å². The van der Waals surface area contributed by atoms with E-state index in [1.807, 2.05) is 12.1 Å². The van der Waals surface area contributed by atoms with Crippen molar-refractivity contribution >= 4 is 22.9 Å². The lowest BCUT2D eigenvalue weighted by Crippen LogP contribution is -2.15. The molecule has 0 saturated heterocycles. The summed E-state index contributed by atoms with van der Waals surface area (Å²) in [5, 5.41) is -0.413. The molecule has 0 aromatic heterocycles. The molecular formula is C13H15ClO. The smallest absolute Gasteiger partial charge is 0.252 e. The number of hydrogen-bond acceptors (Lipinski definition) is 1. The van der Waals surface area contributed by atoms with Crippen LogP contribution in [0.1, 0.15) is 42.3 Å². The lowest BCUT2D eigenvalue weighted by atomic mass is 9.83. The van der Waals surface area contributed by atoms with Crippen molar-refractivity contribution in [3.63, 3.8) is 0 Å². The Balaban J connectivity index is 3.40. The number of benzene rings is 1. The first kappa shape index (κ1) is 12.0. The molecule has 80 valence electrons. The highest BCUT2D eigenvalue weighted by atomic mass is 35.5. The zero-order valence-corrected chi connectivity index (χ0v) is 10.1. The van der Waals surface area contributed by atoms with E-state index in [4.69, 9.17) is 11.6 Å². The summed E-state index contributed by atoms with van der Waals surface area (Å²) in [7, 11) is 0. The highest BCUT2D eigenvalue weighted by molar-refractivity contribution is 6.68. The number of carbonyl (C=O) groups is 1. The first-order valence-electron chi connectivity index (χ1n) is 4.83. The van der Waals surface area contributed by atoms with Crippen molar-refractivity contribution < 1.29 is 4.79 Å². The molecule has 0 aliphatic carbocycles. The van der Waals surface area contributed by atoms with Crippen LogP contribution in [-0.4, -0.2) is 5.24 Å². The molecule has 0 amide bonds. The summed E-state index contributed by atoms with van der Waals surface area (Å²) in [5.41, 5.74) is 2.36. The van der Waals surface area contributed by atoms with Gasteiger partial charge in [0.2, 0.25) is 0 Å². The van der Waals surface area contributed by atoms with Gasteiger partial charge in [0.1, 0.15) is 0 Å². The molecule has 0 heterocycles. The van der Waals surface area contributed by atoms with Gasteiger partial charge in [0.15, 0.2) is 0 Å². The molecule has 0 radical (unpaired) electrons. The van der Waals surface area contributed by atoms with Crippen LogP contribution in [0.3, 0.4) is 0 Å². The lowest BCUT2D eigenvalue weighted by Gasteiger charge is -2.21. The molecule has 0 bridgehead atoms. The minimum absolute atomic E-state index is 0.0837. The van der Waals surface area contributed by atoms with Gasteiger partial charge >= 0.3 is 0 Å². The molecule has 1 rings (SSSR count). The summed E-state index contributed by atoms with van der Waals surface area (Å²) < 4.78 is 0. The van der Waals surface area contributed by atoms with Gasteiger partial charge in [0.25, 0.3) is 5.24 Å². The molecule has 0 aliphatic rings. The molecule has 1 aromatic carbocycles. The van der Waals surface area contributed by atoms with Gasteiger partial charge < -0.3 is 0 Å². The average Bonchev–Trinajstić information content (AvgIpc) is 2.15. The summed E-state index contributed by atoms with van der Waals surface area (Å²) in [6.07, 6.45) is 1.70. The number of rotatable bonds is 2. The summed E-state index contributed by atoms with van der Waals surface area (Å²) in [4.78, 5) is 11.3. The van der Waals surface area contributed by atoms with E-state index in [0.717, 1.165) is 11.1 Å². The molecule has 0 atom stereocenters. The van der Waals surface area contributed by atoms with Gasteiger partial charge in [0, 0.05) is 5.56 Å². The largest absolute Gasteiger partial charge is 0.276 e. The van der Waals surface area contributed by atoms with E-state index >= 15 is 0 Å². The number of halogens is 1. The van der Waals surface area contributed by atoms with E-state index in [1.54, 1.807) is 12.1 Å². The fourth-order valence-electron chi connectivity index (χ4n) is 1.51. The van der Waals surface area contributed by atoms with Crippen LogP contribution in [-0.2, 0) is 5.41 Å². The van der Waals surface area contributed by atoms with Crippen LogP contribution in [0.4, 0.5) is 0 Å². The monoisotopic (exact) mass is 222 g/mol. The van der Waals surface area contributed by atoms with Crippen molar-refractivity contribution in [2.75, 3.05) is 0 Å². The third-order valence-electron chi connectivity index (χ3n) is 2.30. The third kappa shape index (κ3) is 2.69. The SMILES string of the molecule is C=Cc1ccc(C(C)(C)C)c(C(=O)Cl)c1. The summed E-state index contributed by atoms with van der Waals surface area (Å²) in [5.74, 6) is 0. The van der Waals surface area contributed by atoms with Crippen molar-refractivity contribution in [1.29, 1.82) is 0 Å². The Labute approximate surface area is 95.8 Å². The minimum Gasteiger partial charge on any atom is -0.276 e. The molecule has 0 saturated carbocycles. The van der Waals surface area contributed by atoms with Gasteiger partial charge in [-0.2, -0.15) is 0 Å². The van der Waals surface area contributed by atoms with Crippen LogP contribution in [0.15, 0.2) is 24.8 Å². The zero-order chi connectivity index (χ0) is 11.6. The standard InChI is InChI=1S/C13H15ClO/c1-5-9-6-7-11(13(2,3)4)10(8-9)12(14)15/h5-8H,1H2,2-4H3. The first-order chi connectivity index (χ1) is 6.86. The van der Waals surface area contributed by atoms with Crippen LogP contribution in [0.25, 0.3) is 6.08 Å². The van der Waals surface area contributed by atoms with E-state index in [-0.39, 0.29) is 5.41 Å². The maximum Gasteiger partial charge on any atom is 0.252 e. The van der Waals surface area contributed by atoms with Gasteiger partial charge in [0.05, 0.1) is 0 Å². The normalized spacial score (nSPS) is 11.2. The summed E-state index contributed by atoms with van der Waals surface area (Å²) >= 11 is 5.57. The Morgan fingerprint density at radius 2 is 2.00 bits per heavy atom. The second kappa shape index (κ2) is 4.19.